The van der Waals surface area contributed by atoms with Crippen molar-refractivity contribution < 1.29 is 5.11 Å². The summed E-state index contributed by atoms with van der Waals surface area (Å²) in [6.07, 6.45) is 4.66. The van der Waals surface area contributed by atoms with E-state index in [1.807, 2.05) is 0 Å². The van der Waals surface area contributed by atoms with Crippen LogP contribution in [0.2, 0.25) is 0 Å². The van der Waals surface area contributed by atoms with Crippen LogP contribution in [-0.4, -0.2) is 41.8 Å². The van der Waals surface area contributed by atoms with Gasteiger partial charge in [-0.15, -0.1) is 0 Å². The van der Waals surface area contributed by atoms with Gasteiger partial charge < -0.3 is 10.4 Å². The number of fused-ring (bicyclic) bond motifs is 4. The number of nitrogens with one attached hydrogen (secondary N) is 1. The van der Waals surface area contributed by atoms with E-state index in [0.717, 1.165) is 24.8 Å². The van der Waals surface area contributed by atoms with Crippen LogP contribution in [0.5, 0.6) is 0 Å². The van der Waals surface area contributed by atoms with E-state index in [9.17, 15) is 5.11 Å². The minimum atomic E-state index is -0.219. The number of para-hydroxylation sites is 1. The molecule has 3 fully saturated rings. The highest BCUT2D eigenvalue weighted by Gasteiger charge is 2.44. The van der Waals surface area contributed by atoms with Gasteiger partial charge in [-0.1, -0.05) is 31.5 Å². The van der Waals surface area contributed by atoms with Gasteiger partial charge in [0.05, 0.1) is 6.10 Å². The molecule has 4 aliphatic heterocycles. The van der Waals surface area contributed by atoms with Gasteiger partial charge in [0, 0.05) is 30.7 Å². The zero-order chi connectivity index (χ0) is 15.1. The number of aliphatic hydroxyl groups excluding tert-OH is 1. The Kier molecular flexibility index (Phi) is 3.87. The first-order valence-corrected chi connectivity index (χ1v) is 9.03. The van der Waals surface area contributed by atoms with Gasteiger partial charge in [-0.05, 0) is 49.3 Å². The van der Waals surface area contributed by atoms with Crippen molar-refractivity contribution in [1.29, 1.82) is 0 Å². The summed E-state index contributed by atoms with van der Waals surface area (Å²) in [5, 5.41) is 14.6. The van der Waals surface area contributed by atoms with Crippen LogP contribution < -0.4 is 5.32 Å². The topological polar surface area (TPSA) is 35.5 Å². The number of hydrogen-bond acceptors (Lipinski definition) is 3. The largest absolute Gasteiger partial charge is 0.391 e. The van der Waals surface area contributed by atoms with Crippen LogP contribution in [-0.2, 0) is 0 Å². The number of anilines is 1. The quantitative estimate of drug-likeness (QED) is 0.900. The number of piperidine rings is 3. The molecular formula is C19H28N2O. The van der Waals surface area contributed by atoms with Crippen molar-refractivity contribution in [1.82, 2.24) is 4.90 Å². The number of aliphatic hydroxyl groups is 1. The smallest absolute Gasteiger partial charge is 0.0765 e. The average Bonchev–Trinajstić information content (AvgIpc) is 2.60. The first-order chi connectivity index (χ1) is 10.8. The molecular weight excluding hydrogens is 272 g/mol. The van der Waals surface area contributed by atoms with Crippen molar-refractivity contribution in [3.05, 3.63) is 29.8 Å². The molecule has 1 unspecified atom stereocenters. The third-order valence-corrected chi connectivity index (χ3v) is 6.40. The lowest BCUT2D eigenvalue weighted by molar-refractivity contribution is -0.0638. The van der Waals surface area contributed by atoms with Crippen molar-refractivity contribution >= 4 is 5.69 Å². The van der Waals surface area contributed by atoms with E-state index in [0.29, 0.717) is 12.0 Å². The maximum absolute atomic E-state index is 11.2. The SMILES string of the molecule is CC[C@H]1CN2CC[C@H]1C[C@H]2[C@H](O)[C@@H]1CCNc2ccccc21. The maximum atomic E-state index is 11.2. The summed E-state index contributed by atoms with van der Waals surface area (Å²) in [5.41, 5.74) is 2.54. The summed E-state index contributed by atoms with van der Waals surface area (Å²) >= 11 is 0. The summed E-state index contributed by atoms with van der Waals surface area (Å²) in [4.78, 5) is 2.59. The molecule has 2 bridgehead atoms. The Morgan fingerprint density at radius 1 is 1.32 bits per heavy atom. The normalized spacial score (nSPS) is 38.2. The third kappa shape index (κ3) is 2.35. The van der Waals surface area contributed by atoms with E-state index in [1.54, 1.807) is 0 Å². The van der Waals surface area contributed by atoms with Gasteiger partial charge in [0.1, 0.15) is 0 Å². The fourth-order valence-electron chi connectivity index (χ4n) is 5.12. The van der Waals surface area contributed by atoms with Gasteiger partial charge in [-0.2, -0.15) is 0 Å². The van der Waals surface area contributed by atoms with Gasteiger partial charge >= 0.3 is 0 Å². The van der Waals surface area contributed by atoms with E-state index in [2.05, 4.69) is 41.4 Å². The first kappa shape index (κ1) is 14.5. The lowest BCUT2D eigenvalue weighted by atomic mass is 9.71. The van der Waals surface area contributed by atoms with Crippen molar-refractivity contribution in [2.24, 2.45) is 11.8 Å². The highest BCUT2D eigenvalue weighted by atomic mass is 16.3. The lowest BCUT2D eigenvalue weighted by Crippen LogP contribution is -2.58. The number of rotatable bonds is 3. The Balaban J connectivity index is 1.55. The standard InChI is InChI=1S/C19H28N2O/c1-2-13-12-21-10-8-14(13)11-18(21)19(22)16-7-9-20-17-6-4-3-5-15(16)17/h3-6,13-14,16,18-20,22H,2,7-12H2,1H3/t13-,14-,16+,18-,19+/m0/s1. The molecule has 4 aliphatic rings. The highest BCUT2D eigenvalue weighted by Crippen LogP contribution is 2.43. The van der Waals surface area contributed by atoms with Crippen molar-refractivity contribution in [2.45, 2.75) is 50.7 Å². The summed E-state index contributed by atoms with van der Waals surface area (Å²) in [6.45, 7) is 5.69. The first-order valence-electron chi connectivity index (χ1n) is 9.03. The number of benzene rings is 1. The molecule has 4 heterocycles. The second-order valence-corrected chi connectivity index (χ2v) is 7.41. The zero-order valence-corrected chi connectivity index (χ0v) is 13.5. The van der Waals surface area contributed by atoms with Crippen LogP contribution in [0.15, 0.2) is 24.3 Å². The Bertz CT molecular complexity index is 532. The average molecular weight is 300 g/mol. The van der Waals surface area contributed by atoms with Crippen LogP contribution in [0.25, 0.3) is 0 Å². The molecule has 0 aromatic heterocycles. The minimum absolute atomic E-state index is 0.219. The Morgan fingerprint density at radius 2 is 2.18 bits per heavy atom. The van der Waals surface area contributed by atoms with E-state index in [1.165, 1.54) is 43.6 Å². The monoisotopic (exact) mass is 300 g/mol. The Labute approximate surface area is 133 Å². The Hall–Kier alpha value is -1.06. The molecule has 3 heteroatoms. The van der Waals surface area contributed by atoms with Gasteiger partial charge in [-0.3, -0.25) is 4.90 Å². The van der Waals surface area contributed by atoms with E-state index >= 15 is 0 Å². The maximum Gasteiger partial charge on any atom is 0.0765 e. The molecule has 1 aromatic carbocycles. The number of nitrogens with zero attached hydrogens (tertiary/aromatic N) is 1. The van der Waals surface area contributed by atoms with Gasteiger partial charge in [0.25, 0.3) is 0 Å². The second kappa shape index (κ2) is 5.86. The molecule has 0 amide bonds. The molecule has 2 N–H and O–H groups in total. The fourth-order valence-corrected chi connectivity index (χ4v) is 5.12. The van der Waals surface area contributed by atoms with E-state index in [-0.39, 0.29) is 6.10 Å². The Morgan fingerprint density at radius 3 is 2.95 bits per heavy atom. The molecule has 0 aliphatic carbocycles. The molecule has 3 saturated heterocycles. The predicted octanol–water partition coefficient (Wildman–Crippen LogP) is 3.07. The van der Waals surface area contributed by atoms with Crippen LogP contribution in [0, 0.1) is 11.8 Å². The molecule has 22 heavy (non-hydrogen) atoms. The molecule has 5 rings (SSSR count). The minimum Gasteiger partial charge on any atom is -0.391 e. The molecule has 0 radical (unpaired) electrons. The van der Waals surface area contributed by atoms with Gasteiger partial charge in [-0.25, -0.2) is 0 Å². The van der Waals surface area contributed by atoms with Crippen LogP contribution in [0.4, 0.5) is 5.69 Å². The molecule has 120 valence electrons. The summed E-state index contributed by atoms with van der Waals surface area (Å²) in [5.74, 6) is 1.99. The molecule has 3 nitrogen and oxygen atoms in total. The molecule has 0 saturated carbocycles. The third-order valence-electron chi connectivity index (χ3n) is 6.40. The summed E-state index contributed by atoms with van der Waals surface area (Å²) in [6, 6.07) is 8.90. The predicted molar refractivity (Wildman–Crippen MR) is 90.2 cm³/mol. The lowest BCUT2D eigenvalue weighted by Gasteiger charge is -2.52. The van der Waals surface area contributed by atoms with Crippen molar-refractivity contribution in [3.8, 4) is 0 Å². The highest BCUT2D eigenvalue weighted by molar-refractivity contribution is 5.55. The number of hydrogen-bond donors (Lipinski definition) is 2. The van der Waals surface area contributed by atoms with E-state index < -0.39 is 0 Å². The second-order valence-electron chi connectivity index (χ2n) is 7.41. The fraction of sp³-hybridized carbons (Fsp3) is 0.684. The van der Waals surface area contributed by atoms with Gasteiger partial charge in [0.2, 0.25) is 0 Å². The zero-order valence-electron chi connectivity index (χ0n) is 13.5. The molecule has 6 atom stereocenters. The molecule has 1 aromatic rings. The van der Waals surface area contributed by atoms with Gasteiger partial charge in [0.15, 0.2) is 0 Å². The summed E-state index contributed by atoms with van der Waals surface area (Å²) < 4.78 is 0. The van der Waals surface area contributed by atoms with Crippen molar-refractivity contribution in [3.63, 3.8) is 0 Å². The van der Waals surface area contributed by atoms with Crippen LogP contribution >= 0.6 is 0 Å². The van der Waals surface area contributed by atoms with Crippen LogP contribution in [0.1, 0.15) is 44.1 Å². The van der Waals surface area contributed by atoms with E-state index in [4.69, 9.17) is 0 Å². The van der Waals surface area contributed by atoms with Crippen LogP contribution in [0.3, 0.4) is 0 Å². The van der Waals surface area contributed by atoms with Crippen molar-refractivity contribution in [2.75, 3.05) is 25.0 Å². The summed E-state index contributed by atoms with van der Waals surface area (Å²) in [7, 11) is 0. The molecule has 0 spiro atoms.